The molecular weight excluding hydrogens is 248 g/mol. The summed E-state index contributed by atoms with van der Waals surface area (Å²) in [7, 11) is 2.16. The van der Waals surface area contributed by atoms with E-state index in [9.17, 15) is 0 Å². The molecule has 3 nitrogen and oxygen atoms in total. The Hall–Kier alpha value is -1.22. The largest absolute Gasteiger partial charge is 0.484 e. The average molecular weight is 274 g/mol. The number of hydrogen-bond donors (Lipinski definition) is 1. The number of hydrogen-bond acceptors (Lipinski definition) is 3. The molecule has 1 atom stereocenters. The molecule has 1 saturated heterocycles. The van der Waals surface area contributed by atoms with Gasteiger partial charge in [-0.25, -0.2) is 0 Å². The number of benzene rings is 1. The minimum atomic E-state index is -0.101. The molecule has 1 fully saturated rings. The maximum atomic E-state index is 6.08. The highest BCUT2D eigenvalue weighted by atomic mass is 16.5. The summed E-state index contributed by atoms with van der Waals surface area (Å²) in [4.78, 5) is 2.32. The number of ether oxygens (including phenoxy) is 1. The third-order valence-electron chi connectivity index (χ3n) is 4.36. The Morgan fingerprint density at radius 3 is 3.00 bits per heavy atom. The first-order chi connectivity index (χ1) is 9.53. The molecule has 0 amide bonds. The number of likely N-dealkylation sites (N-methyl/N-ethyl adjacent to an activating group) is 1. The van der Waals surface area contributed by atoms with Crippen LogP contribution < -0.4 is 15.0 Å². The predicted molar refractivity (Wildman–Crippen MR) is 83.7 cm³/mol. The molecule has 0 bridgehead atoms. The van der Waals surface area contributed by atoms with Crippen molar-refractivity contribution in [2.45, 2.75) is 38.7 Å². The van der Waals surface area contributed by atoms with Crippen LogP contribution in [-0.2, 0) is 6.42 Å². The smallest absolute Gasteiger partial charge is 0.143 e. The van der Waals surface area contributed by atoms with Gasteiger partial charge in [0.25, 0.3) is 0 Å². The normalized spacial score (nSPS) is 24.9. The Morgan fingerprint density at radius 1 is 1.40 bits per heavy atom. The molecule has 0 saturated carbocycles. The molecule has 0 aliphatic carbocycles. The molecule has 0 aromatic heterocycles. The van der Waals surface area contributed by atoms with E-state index in [4.69, 9.17) is 4.74 Å². The number of piperidine rings is 1. The van der Waals surface area contributed by atoms with Crippen molar-refractivity contribution in [2.24, 2.45) is 5.92 Å². The van der Waals surface area contributed by atoms with Gasteiger partial charge in [0, 0.05) is 7.05 Å². The average Bonchev–Trinajstić information content (AvgIpc) is 2.40. The molecular formula is C17H26N2O. The first-order valence-corrected chi connectivity index (χ1v) is 7.77. The van der Waals surface area contributed by atoms with Gasteiger partial charge in [0.1, 0.15) is 11.4 Å². The molecule has 2 heterocycles. The second-order valence-electron chi connectivity index (χ2n) is 6.94. The number of rotatable bonds is 2. The quantitative estimate of drug-likeness (QED) is 0.897. The lowest BCUT2D eigenvalue weighted by atomic mass is 9.92. The van der Waals surface area contributed by atoms with Crippen molar-refractivity contribution in [3.63, 3.8) is 0 Å². The van der Waals surface area contributed by atoms with E-state index in [1.165, 1.54) is 37.1 Å². The van der Waals surface area contributed by atoms with Gasteiger partial charge in [-0.05, 0) is 69.8 Å². The van der Waals surface area contributed by atoms with E-state index in [0.717, 1.165) is 24.8 Å². The lowest BCUT2D eigenvalue weighted by Gasteiger charge is -2.39. The Kier molecular flexibility index (Phi) is 3.63. The van der Waals surface area contributed by atoms with E-state index in [-0.39, 0.29) is 5.60 Å². The number of fused-ring (bicyclic) bond motifs is 1. The third kappa shape index (κ3) is 2.93. The van der Waals surface area contributed by atoms with Crippen LogP contribution in [0.25, 0.3) is 0 Å². The highest BCUT2D eigenvalue weighted by Crippen LogP contribution is 2.37. The van der Waals surface area contributed by atoms with Crippen molar-refractivity contribution >= 4 is 5.69 Å². The maximum absolute atomic E-state index is 6.08. The highest BCUT2D eigenvalue weighted by Gasteiger charge is 2.30. The van der Waals surface area contributed by atoms with Gasteiger partial charge in [-0.2, -0.15) is 0 Å². The second-order valence-corrected chi connectivity index (χ2v) is 6.94. The van der Waals surface area contributed by atoms with Crippen LogP contribution in [0.1, 0.15) is 32.3 Å². The zero-order valence-electron chi connectivity index (χ0n) is 12.9. The van der Waals surface area contributed by atoms with E-state index >= 15 is 0 Å². The Labute approximate surface area is 122 Å². The minimum absolute atomic E-state index is 0.101. The second kappa shape index (κ2) is 5.28. The molecule has 3 heteroatoms. The van der Waals surface area contributed by atoms with Crippen molar-refractivity contribution in [3.8, 4) is 5.75 Å². The van der Waals surface area contributed by atoms with Crippen molar-refractivity contribution in [2.75, 3.05) is 31.6 Å². The first kappa shape index (κ1) is 13.7. The molecule has 1 N–H and O–H groups in total. The summed E-state index contributed by atoms with van der Waals surface area (Å²) in [5.41, 5.74) is 2.58. The van der Waals surface area contributed by atoms with Crippen molar-refractivity contribution in [3.05, 3.63) is 23.8 Å². The van der Waals surface area contributed by atoms with Crippen molar-refractivity contribution < 1.29 is 4.74 Å². The van der Waals surface area contributed by atoms with Gasteiger partial charge in [-0.15, -0.1) is 0 Å². The summed E-state index contributed by atoms with van der Waals surface area (Å²) in [5, 5.41) is 3.50. The standard InChI is InChI=1S/C17H26N2O/c1-17(2)12-19(3)15-10-13(6-7-16(15)20-17)9-14-5-4-8-18-11-14/h6-7,10,14,18H,4-5,8-9,11-12H2,1-3H3. The molecule has 1 aromatic carbocycles. The van der Waals surface area contributed by atoms with Crippen molar-refractivity contribution in [1.82, 2.24) is 5.32 Å². The van der Waals surface area contributed by atoms with Crippen LogP contribution in [0.5, 0.6) is 5.75 Å². The lowest BCUT2D eigenvalue weighted by Crippen LogP contribution is -2.45. The molecule has 0 radical (unpaired) electrons. The SMILES string of the molecule is CN1CC(C)(C)Oc2ccc(CC3CCCNC3)cc21. The predicted octanol–water partition coefficient (Wildman–Crippen LogP) is 2.84. The van der Waals surface area contributed by atoms with Gasteiger partial charge in [0.15, 0.2) is 0 Å². The van der Waals surface area contributed by atoms with Gasteiger partial charge in [0.2, 0.25) is 0 Å². The van der Waals surface area contributed by atoms with Crippen LogP contribution >= 0.6 is 0 Å². The van der Waals surface area contributed by atoms with E-state index < -0.39 is 0 Å². The van der Waals surface area contributed by atoms with Crippen LogP contribution in [0.2, 0.25) is 0 Å². The minimum Gasteiger partial charge on any atom is -0.484 e. The highest BCUT2D eigenvalue weighted by molar-refractivity contribution is 5.61. The summed E-state index contributed by atoms with van der Waals surface area (Å²) in [6.45, 7) is 7.58. The fourth-order valence-corrected chi connectivity index (χ4v) is 3.49. The van der Waals surface area contributed by atoms with Gasteiger partial charge in [-0.1, -0.05) is 6.07 Å². The maximum Gasteiger partial charge on any atom is 0.143 e. The first-order valence-electron chi connectivity index (χ1n) is 7.77. The summed E-state index contributed by atoms with van der Waals surface area (Å²) in [5.74, 6) is 1.81. The van der Waals surface area contributed by atoms with Crippen LogP contribution in [0.15, 0.2) is 18.2 Å². The van der Waals surface area contributed by atoms with Gasteiger partial charge in [0.05, 0.1) is 12.2 Å². The number of nitrogens with one attached hydrogen (secondary N) is 1. The molecule has 3 rings (SSSR count). The van der Waals surface area contributed by atoms with Gasteiger partial charge < -0.3 is 15.0 Å². The van der Waals surface area contributed by atoms with Crippen LogP contribution in [0, 0.1) is 5.92 Å². The summed E-state index contributed by atoms with van der Waals surface area (Å²) >= 11 is 0. The third-order valence-corrected chi connectivity index (χ3v) is 4.36. The summed E-state index contributed by atoms with van der Waals surface area (Å²) < 4.78 is 6.08. The van der Waals surface area contributed by atoms with Gasteiger partial charge in [-0.3, -0.25) is 0 Å². The van der Waals surface area contributed by atoms with Crippen LogP contribution in [0.3, 0.4) is 0 Å². The van der Waals surface area contributed by atoms with Gasteiger partial charge >= 0.3 is 0 Å². The molecule has 110 valence electrons. The zero-order chi connectivity index (χ0) is 14.2. The molecule has 0 spiro atoms. The zero-order valence-corrected chi connectivity index (χ0v) is 12.9. The summed E-state index contributed by atoms with van der Waals surface area (Å²) in [6, 6.07) is 6.71. The van der Waals surface area contributed by atoms with E-state index in [1.807, 2.05) is 0 Å². The fourth-order valence-electron chi connectivity index (χ4n) is 3.49. The Bertz CT molecular complexity index is 478. The monoisotopic (exact) mass is 274 g/mol. The molecule has 20 heavy (non-hydrogen) atoms. The van der Waals surface area contributed by atoms with E-state index in [1.54, 1.807) is 0 Å². The van der Waals surface area contributed by atoms with E-state index in [2.05, 4.69) is 49.3 Å². The Morgan fingerprint density at radius 2 is 2.25 bits per heavy atom. The fraction of sp³-hybridized carbons (Fsp3) is 0.647. The Balaban J connectivity index is 1.77. The molecule has 2 aliphatic heterocycles. The van der Waals surface area contributed by atoms with Crippen LogP contribution in [-0.4, -0.2) is 32.3 Å². The molecule has 1 aromatic rings. The topological polar surface area (TPSA) is 24.5 Å². The number of nitrogens with zero attached hydrogens (tertiary/aromatic N) is 1. The van der Waals surface area contributed by atoms with Crippen molar-refractivity contribution in [1.29, 1.82) is 0 Å². The van der Waals surface area contributed by atoms with E-state index in [0.29, 0.717) is 0 Å². The lowest BCUT2D eigenvalue weighted by molar-refractivity contribution is 0.107. The molecule has 1 unspecified atom stereocenters. The molecule has 2 aliphatic rings. The summed E-state index contributed by atoms with van der Waals surface area (Å²) in [6.07, 6.45) is 3.84. The number of anilines is 1. The van der Waals surface area contributed by atoms with Crippen LogP contribution in [0.4, 0.5) is 5.69 Å².